The van der Waals surface area contributed by atoms with Gasteiger partial charge in [0, 0.05) is 18.5 Å². The highest BCUT2D eigenvalue weighted by atomic mass is 16.5. The second-order valence-corrected chi connectivity index (χ2v) is 5.65. The third-order valence-electron chi connectivity index (χ3n) is 4.02. The lowest BCUT2D eigenvalue weighted by atomic mass is 10.0. The molecule has 1 N–H and O–H groups in total. The Morgan fingerprint density at radius 2 is 1.92 bits per heavy atom. The molecule has 0 aliphatic carbocycles. The van der Waals surface area contributed by atoms with Crippen molar-refractivity contribution >= 4 is 17.6 Å². The number of esters is 1. The lowest BCUT2D eigenvalue weighted by molar-refractivity contribution is -0.116. The highest BCUT2D eigenvalue weighted by Gasteiger charge is 2.17. The smallest absolute Gasteiger partial charge is 0.338 e. The zero-order valence-corrected chi connectivity index (χ0v) is 13.5. The fourth-order valence-electron chi connectivity index (χ4n) is 2.65. The number of rotatable bonds is 5. The standard InChI is InChI=1S/C19H19NO4/c1-23-16-6-2-13(3-7-16)10-11-24-19(22)15-4-8-17-14(12-15)5-9-18(21)20-17/h2-4,6-8,12H,5,9-11H2,1H3,(H,20,21). The molecule has 0 spiro atoms. The van der Waals surface area contributed by atoms with Gasteiger partial charge in [-0.05, 0) is 47.9 Å². The summed E-state index contributed by atoms with van der Waals surface area (Å²) in [5, 5.41) is 2.80. The van der Waals surface area contributed by atoms with Crippen LogP contribution in [-0.4, -0.2) is 25.6 Å². The van der Waals surface area contributed by atoms with Crippen LogP contribution >= 0.6 is 0 Å². The van der Waals surface area contributed by atoms with Crippen molar-refractivity contribution in [3.63, 3.8) is 0 Å². The van der Waals surface area contributed by atoms with Crippen LogP contribution in [0.4, 0.5) is 5.69 Å². The molecule has 1 aliphatic heterocycles. The van der Waals surface area contributed by atoms with Crippen molar-refractivity contribution in [3.05, 3.63) is 59.2 Å². The van der Waals surface area contributed by atoms with Gasteiger partial charge in [-0.15, -0.1) is 0 Å². The first kappa shape index (κ1) is 16.1. The van der Waals surface area contributed by atoms with Crippen molar-refractivity contribution in [1.82, 2.24) is 0 Å². The molecule has 0 bridgehead atoms. The Balaban J connectivity index is 1.56. The Kier molecular flexibility index (Phi) is 4.79. The maximum atomic E-state index is 12.2. The predicted molar refractivity (Wildman–Crippen MR) is 90.4 cm³/mol. The largest absolute Gasteiger partial charge is 0.497 e. The minimum Gasteiger partial charge on any atom is -0.497 e. The summed E-state index contributed by atoms with van der Waals surface area (Å²) >= 11 is 0. The molecule has 0 saturated heterocycles. The van der Waals surface area contributed by atoms with Gasteiger partial charge in [-0.25, -0.2) is 4.79 Å². The number of carbonyl (C=O) groups is 2. The number of benzene rings is 2. The van der Waals surface area contributed by atoms with Gasteiger partial charge in [-0.2, -0.15) is 0 Å². The van der Waals surface area contributed by atoms with E-state index in [1.807, 2.05) is 24.3 Å². The van der Waals surface area contributed by atoms with Gasteiger partial charge in [0.2, 0.25) is 5.91 Å². The highest BCUT2D eigenvalue weighted by molar-refractivity contribution is 5.96. The second-order valence-electron chi connectivity index (χ2n) is 5.65. The van der Waals surface area contributed by atoms with Crippen LogP contribution in [0.3, 0.4) is 0 Å². The minimum absolute atomic E-state index is 0.0114. The number of carbonyl (C=O) groups excluding carboxylic acids is 2. The molecule has 1 aliphatic rings. The molecule has 124 valence electrons. The van der Waals surface area contributed by atoms with Crippen LogP contribution in [0.5, 0.6) is 5.75 Å². The molecule has 2 aromatic rings. The third-order valence-corrected chi connectivity index (χ3v) is 4.02. The van der Waals surface area contributed by atoms with Crippen LogP contribution in [0, 0.1) is 0 Å². The molecule has 5 heteroatoms. The van der Waals surface area contributed by atoms with E-state index in [4.69, 9.17) is 9.47 Å². The number of ether oxygens (including phenoxy) is 2. The lowest BCUT2D eigenvalue weighted by Gasteiger charge is -2.17. The van der Waals surface area contributed by atoms with Crippen molar-refractivity contribution in [2.45, 2.75) is 19.3 Å². The third kappa shape index (κ3) is 3.74. The SMILES string of the molecule is COc1ccc(CCOC(=O)c2ccc3c(c2)CCC(=O)N3)cc1. The first-order valence-electron chi connectivity index (χ1n) is 7.88. The summed E-state index contributed by atoms with van der Waals surface area (Å²) in [6.07, 6.45) is 1.74. The number of hydrogen-bond donors (Lipinski definition) is 1. The average Bonchev–Trinajstić information content (AvgIpc) is 2.61. The summed E-state index contributed by atoms with van der Waals surface area (Å²) in [5.74, 6) is 0.470. The number of nitrogens with one attached hydrogen (secondary N) is 1. The van der Waals surface area contributed by atoms with Gasteiger partial charge in [0.25, 0.3) is 0 Å². The first-order valence-corrected chi connectivity index (χ1v) is 7.88. The Labute approximate surface area is 140 Å². The molecule has 0 fully saturated rings. The zero-order chi connectivity index (χ0) is 16.9. The summed E-state index contributed by atoms with van der Waals surface area (Å²) in [5.41, 5.74) is 3.34. The molecule has 0 atom stereocenters. The van der Waals surface area contributed by atoms with Crippen molar-refractivity contribution in [1.29, 1.82) is 0 Å². The highest BCUT2D eigenvalue weighted by Crippen LogP contribution is 2.24. The molecule has 1 heterocycles. The van der Waals surface area contributed by atoms with E-state index in [1.165, 1.54) is 0 Å². The van der Waals surface area contributed by atoms with Crippen LogP contribution in [0.15, 0.2) is 42.5 Å². The van der Waals surface area contributed by atoms with Crippen LogP contribution in [0.1, 0.15) is 27.9 Å². The quantitative estimate of drug-likeness (QED) is 0.858. The fourth-order valence-corrected chi connectivity index (χ4v) is 2.65. The minimum atomic E-state index is -0.344. The van der Waals surface area contributed by atoms with E-state index in [1.54, 1.807) is 25.3 Å². The van der Waals surface area contributed by atoms with E-state index < -0.39 is 0 Å². The summed E-state index contributed by atoms with van der Waals surface area (Å²) in [6.45, 7) is 0.318. The molecular formula is C19H19NO4. The molecular weight excluding hydrogens is 306 g/mol. The molecule has 0 radical (unpaired) electrons. The van der Waals surface area contributed by atoms with Gasteiger partial charge < -0.3 is 14.8 Å². The molecule has 2 aromatic carbocycles. The Hall–Kier alpha value is -2.82. The number of fused-ring (bicyclic) bond motifs is 1. The van der Waals surface area contributed by atoms with Crippen molar-refractivity contribution in [3.8, 4) is 5.75 Å². The molecule has 5 nitrogen and oxygen atoms in total. The normalized spacial score (nSPS) is 13.0. The van der Waals surface area contributed by atoms with E-state index in [9.17, 15) is 9.59 Å². The van der Waals surface area contributed by atoms with E-state index in [0.29, 0.717) is 31.4 Å². The maximum Gasteiger partial charge on any atom is 0.338 e. The number of methoxy groups -OCH3 is 1. The monoisotopic (exact) mass is 325 g/mol. The number of aryl methyl sites for hydroxylation is 1. The first-order chi connectivity index (χ1) is 11.7. The van der Waals surface area contributed by atoms with Gasteiger partial charge in [0.1, 0.15) is 5.75 Å². The summed E-state index contributed by atoms with van der Waals surface area (Å²) < 4.78 is 10.5. The Bertz CT molecular complexity index is 752. The summed E-state index contributed by atoms with van der Waals surface area (Å²) in [6, 6.07) is 12.9. The number of amides is 1. The molecule has 3 rings (SSSR count). The fraction of sp³-hybridized carbons (Fsp3) is 0.263. The second kappa shape index (κ2) is 7.17. The predicted octanol–water partition coefficient (Wildman–Crippen LogP) is 2.98. The molecule has 0 unspecified atom stereocenters. The summed E-state index contributed by atoms with van der Waals surface area (Å²) in [7, 11) is 1.63. The van der Waals surface area contributed by atoms with E-state index in [-0.39, 0.29) is 11.9 Å². The number of anilines is 1. The van der Waals surface area contributed by atoms with Gasteiger partial charge >= 0.3 is 5.97 Å². The molecule has 0 aromatic heterocycles. The van der Waals surface area contributed by atoms with Crippen molar-refractivity contribution < 1.29 is 19.1 Å². The van der Waals surface area contributed by atoms with E-state index in [2.05, 4.69) is 5.32 Å². The summed E-state index contributed by atoms with van der Waals surface area (Å²) in [4.78, 5) is 23.5. The van der Waals surface area contributed by atoms with Crippen molar-refractivity contribution in [2.75, 3.05) is 19.0 Å². The number of hydrogen-bond acceptors (Lipinski definition) is 4. The zero-order valence-electron chi connectivity index (χ0n) is 13.5. The maximum absolute atomic E-state index is 12.2. The molecule has 0 saturated carbocycles. The van der Waals surface area contributed by atoms with E-state index >= 15 is 0 Å². The topological polar surface area (TPSA) is 64.6 Å². The van der Waals surface area contributed by atoms with Crippen LogP contribution in [0.25, 0.3) is 0 Å². The van der Waals surface area contributed by atoms with Gasteiger partial charge in [-0.3, -0.25) is 4.79 Å². The Morgan fingerprint density at radius 1 is 1.12 bits per heavy atom. The molecule has 1 amide bonds. The van der Waals surface area contributed by atoms with Crippen LogP contribution in [0.2, 0.25) is 0 Å². The van der Waals surface area contributed by atoms with Gasteiger partial charge in [-0.1, -0.05) is 12.1 Å². The average molecular weight is 325 g/mol. The lowest BCUT2D eigenvalue weighted by Crippen LogP contribution is -2.19. The van der Waals surface area contributed by atoms with Gasteiger partial charge in [0.05, 0.1) is 19.3 Å². The van der Waals surface area contributed by atoms with Crippen LogP contribution < -0.4 is 10.1 Å². The van der Waals surface area contributed by atoms with Crippen molar-refractivity contribution in [2.24, 2.45) is 0 Å². The molecule has 24 heavy (non-hydrogen) atoms. The van der Waals surface area contributed by atoms with Crippen LogP contribution in [-0.2, 0) is 22.4 Å². The van der Waals surface area contributed by atoms with E-state index in [0.717, 1.165) is 22.6 Å². The Morgan fingerprint density at radius 3 is 2.67 bits per heavy atom. The van der Waals surface area contributed by atoms with Gasteiger partial charge in [0.15, 0.2) is 0 Å².